The maximum absolute atomic E-state index is 12.2. The second kappa shape index (κ2) is 7.35. The summed E-state index contributed by atoms with van der Waals surface area (Å²) in [5.41, 5.74) is 3.94. The first-order chi connectivity index (χ1) is 14.2. The van der Waals surface area contributed by atoms with E-state index in [9.17, 15) is 9.90 Å². The molecular formula is C22H22N4O3. The van der Waals surface area contributed by atoms with Crippen molar-refractivity contribution < 1.29 is 9.84 Å². The predicted molar refractivity (Wildman–Crippen MR) is 111 cm³/mol. The van der Waals surface area contributed by atoms with Crippen LogP contribution in [0.25, 0.3) is 27.7 Å². The molecule has 0 radical (unpaired) electrons. The second-order valence-corrected chi connectivity index (χ2v) is 7.40. The van der Waals surface area contributed by atoms with Gasteiger partial charge in [-0.25, -0.2) is 14.3 Å². The summed E-state index contributed by atoms with van der Waals surface area (Å²) in [6.07, 6.45) is 2.45. The van der Waals surface area contributed by atoms with E-state index in [-0.39, 0.29) is 17.5 Å². The Morgan fingerprint density at radius 2 is 2.17 bits per heavy atom. The molecule has 5 rings (SSSR count). The molecule has 7 heteroatoms. The molecule has 0 bridgehead atoms. The summed E-state index contributed by atoms with van der Waals surface area (Å²) in [7, 11) is 0. The maximum atomic E-state index is 12.2. The number of ether oxygens (including phenoxy) is 1. The van der Waals surface area contributed by atoms with Crippen molar-refractivity contribution in [3.63, 3.8) is 0 Å². The maximum Gasteiger partial charge on any atom is 0.348 e. The lowest BCUT2D eigenvalue weighted by atomic mass is 9.98. The quantitative estimate of drug-likeness (QED) is 0.487. The van der Waals surface area contributed by atoms with Gasteiger partial charge in [-0.3, -0.25) is 0 Å². The van der Waals surface area contributed by atoms with Crippen molar-refractivity contribution >= 4 is 16.6 Å². The number of aromatic amines is 1. The fourth-order valence-corrected chi connectivity index (χ4v) is 4.05. The lowest BCUT2D eigenvalue weighted by Gasteiger charge is -2.13. The number of nitrogens with one attached hydrogen (secondary N) is 2. The summed E-state index contributed by atoms with van der Waals surface area (Å²) in [6, 6.07) is 15.3. The van der Waals surface area contributed by atoms with E-state index in [0.717, 1.165) is 53.6 Å². The zero-order valence-corrected chi connectivity index (χ0v) is 15.9. The van der Waals surface area contributed by atoms with Crippen LogP contribution in [0.15, 0.2) is 53.3 Å². The number of phenols is 1. The predicted octanol–water partition coefficient (Wildman–Crippen LogP) is 2.82. The molecule has 0 saturated carbocycles. The van der Waals surface area contributed by atoms with Gasteiger partial charge in [0.2, 0.25) is 0 Å². The fraction of sp³-hybridized carbons (Fsp3) is 0.273. The Morgan fingerprint density at radius 3 is 3.03 bits per heavy atom. The van der Waals surface area contributed by atoms with Gasteiger partial charge in [0.1, 0.15) is 5.75 Å². The van der Waals surface area contributed by atoms with Gasteiger partial charge in [-0.15, -0.1) is 0 Å². The first kappa shape index (κ1) is 17.9. The summed E-state index contributed by atoms with van der Waals surface area (Å²) in [5.74, 6) is 0.266. The van der Waals surface area contributed by atoms with Crippen molar-refractivity contribution in [1.82, 2.24) is 19.9 Å². The number of phenolic OH excluding ortho intramolecular Hbond substituents is 1. The minimum absolute atomic E-state index is 0.257. The molecule has 4 aromatic rings. The van der Waals surface area contributed by atoms with Crippen LogP contribution in [0.4, 0.5) is 0 Å². The number of pyridine rings is 1. The molecule has 1 aliphatic rings. The van der Waals surface area contributed by atoms with E-state index in [1.54, 1.807) is 10.5 Å². The molecule has 1 aliphatic heterocycles. The minimum Gasteiger partial charge on any atom is -0.508 e. The van der Waals surface area contributed by atoms with E-state index in [1.165, 1.54) is 0 Å². The van der Waals surface area contributed by atoms with Crippen molar-refractivity contribution in [2.75, 3.05) is 13.2 Å². The molecule has 0 spiro atoms. The molecule has 1 atom stereocenters. The smallest absolute Gasteiger partial charge is 0.348 e. The van der Waals surface area contributed by atoms with Crippen LogP contribution < -0.4 is 11.0 Å². The van der Waals surface area contributed by atoms with Crippen LogP contribution in [-0.4, -0.2) is 39.0 Å². The summed E-state index contributed by atoms with van der Waals surface area (Å²) < 4.78 is 7.21. The SMILES string of the molecule is O=c1[nH]nc2ccc3c(-c4ccc(O)c(CNCC5CCCO5)c4)cccc3n12. The third-order valence-electron chi connectivity index (χ3n) is 5.52. The van der Waals surface area contributed by atoms with Crippen LogP contribution in [0.2, 0.25) is 0 Å². The Bertz CT molecular complexity index is 1240. The van der Waals surface area contributed by atoms with E-state index in [2.05, 4.69) is 15.5 Å². The second-order valence-electron chi connectivity index (χ2n) is 7.40. The highest BCUT2D eigenvalue weighted by Gasteiger charge is 2.15. The minimum atomic E-state index is -0.257. The van der Waals surface area contributed by atoms with Crippen molar-refractivity contribution in [2.45, 2.75) is 25.5 Å². The topological polar surface area (TPSA) is 91.7 Å². The van der Waals surface area contributed by atoms with Crippen molar-refractivity contribution in [1.29, 1.82) is 0 Å². The average molecular weight is 390 g/mol. The highest BCUT2D eigenvalue weighted by molar-refractivity contribution is 5.96. The van der Waals surface area contributed by atoms with E-state index >= 15 is 0 Å². The van der Waals surface area contributed by atoms with Gasteiger partial charge in [0.05, 0.1) is 11.6 Å². The summed E-state index contributed by atoms with van der Waals surface area (Å²) >= 11 is 0. The number of H-pyrrole nitrogens is 1. The molecule has 7 nitrogen and oxygen atoms in total. The monoisotopic (exact) mass is 390 g/mol. The average Bonchev–Trinajstić information content (AvgIpc) is 3.39. The van der Waals surface area contributed by atoms with Gasteiger partial charge < -0.3 is 15.2 Å². The Morgan fingerprint density at radius 1 is 1.24 bits per heavy atom. The Kier molecular flexibility index (Phi) is 4.54. The lowest BCUT2D eigenvalue weighted by Crippen LogP contribution is -2.25. The van der Waals surface area contributed by atoms with Gasteiger partial charge >= 0.3 is 5.69 Å². The van der Waals surface area contributed by atoms with Gasteiger partial charge in [-0.1, -0.05) is 18.2 Å². The summed E-state index contributed by atoms with van der Waals surface area (Å²) in [5, 5.41) is 21.2. The molecular weight excluding hydrogens is 368 g/mol. The molecule has 3 N–H and O–H groups in total. The van der Waals surface area contributed by atoms with E-state index in [0.29, 0.717) is 12.2 Å². The molecule has 148 valence electrons. The van der Waals surface area contributed by atoms with E-state index in [4.69, 9.17) is 4.74 Å². The molecule has 2 aromatic carbocycles. The van der Waals surface area contributed by atoms with Gasteiger partial charge in [0, 0.05) is 30.6 Å². The number of nitrogens with zero attached hydrogens (tertiary/aromatic N) is 2. The summed E-state index contributed by atoms with van der Waals surface area (Å²) in [4.78, 5) is 12.2. The normalized spacial score (nSPS) is 16.8. The largest absolute Gasteiger partial charge is 0.508 e. The van der Waals surface area contributed by atoms with Crippen molar-refractivity contribution in [2.24, 2.45) is 0 Å². The van der Waals surface area contributed by atoms with E-state index < -0.39 is 0 Å². The molecule has 1 fully saturated rings. The van der Waals surface area contributed by atoms with Crippen LogP contribution >= 0.6 is 0 Å². The van der Waals surface area contributed by atoms with Crippen molar-refractivity contribution in [3.8, 4) is 16.9 Å². The van der Waals surface area contributed by atoms with Gasteiger partial charge in [0.15, 0.2) is 5.65 Å². The Labute approximate surface area is 166 Å². The summed E-state index contributed by atoms with van der Waals surface area (Å²) in [6.45, 7) is 2.18. The van der Waals surface area contributed by atoms with Crippen LogP contribution in [0, 0.1) is 0 Å². The molecule has 1 saturated heterocycles. The van der Waals surface area contributed by atoms with Crippen LogP contribution in [0.5, 0.6) is 5.75 Å². The van der Waals surface area contributed by atoms with Crippen molar-refractivity contribution in [3.05, 3.63) is 64.6 Å². The first-order valence-corrected chi connectivity index (χ1v) is 9.84. The first-order valence-electron chi connectivity index (χ1n) is 9.84. The number of rotatable bonds is 5. The van der Waals surface area contributed by atoms with E-state index in [1.807, 2.05) is 42.5 Å². The molecule has 3 heterocycles. The number of fused-ring (bicyclic) bond motifs is 3. The van der Waals surface area contributed by atoms with Crippen LogP contribution in [0.1, 0.15) is 18.4 Å². The highest BCUT2D eigenvalue weighted by Crippen LogP contribution is 2.31. The number of benzene rings is 2. The standard InChI is InChI=1S/C22H22N4O3/c27-20-8-6-14(11-15(20)12-23-13-16-3-2-10-29-16)17-4-1-5-19-18(17)7-9-21-24-25-22(28)26(19)21/h1,4-9,11,16,23,27H,2-3,10,12-13H2,(H,25,28). The lowest BCUT2D eigenvalue weighted by molar-refractivity contribution is 0.110. The zero-order valence-electron chi connectivity index (χ0n) is 15.9. The highest BCUT2D eigenvalue weighted by atomic mass is 16.5. The molecule has 0 amide bonds. The van der Waals surface area contributed by atoms with Crippen LogP contribution in [-0.2, 0) is 11.3 Å². The Hall–Kier alpha value is -3.16. The van der Waals surface area contributed by atoms with Crippen LogP contribution in [0.3, 0.4) is 0 Å². The third kappa shape index (κ3) is 3.28. The zero-order chi connectivity index (χ0) is 19.8. The molecule has 0 aliphatic carbocycles. The number of aromatic hydroxyl groups is 1. The Balaban J connectivity index is 1.50. The number of aromatic nitrogens is 3. The third-order valence-corrected chi connectivity index (χ3v) is 5.52. The number of hydrogen-bond acceptors (Lipinski definition) is 5. The van der Waals surface area contributed by atoms with Gasteiger partial charge in [0.25, 0.3) is 0 Å². The molecule has 29 heavy (non-hydrogen) atoms. The van der Waals surface area contributed by atoms with Gasteiger partial charge in [-0.2, -0.15) is 5.10 Å². The molecule has 1 unspecified atom stereocenters. The fourth-order valence-electron chi connectivity index (χ4n) is 4.05. The molecule has 2 aromatic heterocycles. The van der Waals surface area contributed by atoms with Gasteiger partial charge in [-0.05, 0) is 54.3 Å². The number of hydrogen-bond donors (Lipinski definition) is 3.